The standard InChI is InChI=1S/C18H15ClFNO4S/c1-9-4-10(2)6-11(5-9)26(23,24)17-12-7-14(20)13(19)8-15(12)21-16(17)18(22)25-3/h4-8,21H,1-3H3. The molecule has 0 spiro atoms. The fraction of sp³-hybridized carbons (Fsp3) is 0.167. The third-order valence-electron chi connectivity index (χ3n) is 3.96. The van der Waals surface area contributed by atoms with Gasteiger partial charge in [0.25, 0.3) is 0 Å². The van der Waals surface area contributed by atoms with Gasteiger partial charge >= 0.3 is 5.97 Å². The van der Waals surface area contributed by atoms with Crippen molar-refractivity contribution < 1.29 is 22.3 Å². The van der Waals surface area contributed by atoms with E-state index in [1.54, 1.807) is 13.8 Å². The van der Waals surface area contributed by atoms with E-state index in [0.29, 0.717) is 0 Å². The summed E-state index contributed by atoms with van der Waals surface area (Å²) in [5, 5.41) is -0.156. The van der Waals surface area contributed by atoms with E-state index in [1.807, 2.05) is 6.07 Å². The second-order valence-corrected chi connectivity index (χ2v) is 8.25. The lowest BCUT2D eigenvalue weighted by Gasteiger charge is -2.08. The molecule has 0 atom stereocenters. The molecule has 0 fully saturated rings. The van der Waals surface area contributed by atoms with Gasteiger partial charge in [0.1, 0.15) is 16.4 Å². The number of carbonyl (C=O) groups is 1. The van der Waals surface area contributed by atoms with Gasteiger partial charge in [0.15, 0.2) is 0 Å². The molecule has 0 unspecified atom stereocenters. The second-order valence-electron chi connectivity index (χ2n) is 5.96. The van der Waals surface area contributed by atoms with Crippen molar-refractivity contribution in [2.45, 2.75) is 23.6 Å². The summed E-state index contributed by atoms with van der Waals surface area (Å²) in [4.78, 5) is 14.5. The van der Waals surface area contributed by atoms with Crippen molar-refractivity contribution in [3.8, 4) is 0 Å². The molecule has 1 heterocycles. The maximum atomic E-state index is 14.0. The Morgan fingerprint density at radius 2 is 1.73 bits per heavy atom. The Labute approximate surface area is 154 Å². The van der Waals surface area contributed by atoms with Gasteiger partial charge in [0.05, 0.1) is 17.0 Å². The molecule has 0 aliphatic carbocycles. The molecular formula is C18H15ClFNO4S. The average Bonchev–Trinajstić information content (AvgIpc) is 2.92. The summed E-state index contributed by atoms with van der Waals surface area (Å²) in [6, 6.07) is 7.05. The normalized spacial score (nSPS) is 11.7. The number of fused-ring (bicyclic) bond motifs is 1. The number of halogens is 2. The van der Waals surface area contributed by atoms with Crippen LogP contribution in [0.2, 0.25) is 5.02 Å². The van der Waals surface area contributed by atoms with Crippen LogP contribution in [-0.4, -0.2) is 26.5 Å². The van der Waals surface area contributed by atoms with Crippen molar-refractivity contribution in [3.05, 3.63) is 58.0 Å². The lowest BCUT2D eigenvalue weighted by molar-refractivity contribution is 0.0590. The van der Waals surface area contributed by atoms with Crippen molar-refractivity contribution in [2.75, 3.05) is 7.11 Å². The Morgan fingerprint density at radius 3 is 2.31 bits per heavy atom. The Kier molecular flexibility index (Phi) is 4.54. The first-order chi connectivity index (χ1) is 12.1. The maximum absolute atomic E-state index is 14.0. The van der Waals surface area contributed by atoms with Crippen LogP contribution in [0, 0.1) is 19.7 Å². The van der Waals surface area contributed by atoms with Gasteiger partial charge in [-0.05, 0) is 49.2 Å². The highest BCUT2D eigenvalue weighted by atomic mass is 35.5. The minimum absolute atomic E-state index is 0.0106. The van der Waals surface area contributed by atoms with E-state index in [0.717, 1.165) is 24.3 Å². The molecule has 8 heteroatoms. The zero-order chi connectivity index (χ0) is 19.2. The van der Waals surface area contributed by atoms with Crippen molar-refractivity contribution in [1.82, 2.24) is 4.98 Å². The minimum atomic E-state index is -4.12. The summed E-state index contributed by atoms with van der Waals surface area (Å²) in [6.07, 6.45) is 0. The quantitative estimate of drug-likeness (QED) is 0.674. The van der Waals surface area contributed by atoms with Crippen molar-refractivity contribution in [2.24, 2.45) is 0 Å². The Bertz CT molecular complexity index is 1130. The third kappa shape index (κ3) is 2.97. The molecule has 3 aromatic rings. The fourth-order valence-electron chi connectivity index (χ4n) is 2.90. The molecule has 3 rings (SSSR count). The first-order valence-corrected chi connectivity index (χ1v) is 9.43. The molecule has 0 amide bonds. The summed E-state index contributed by atoms with van der Waals surface area (Å²) in [6.45, 7) is 3.53. The number of aryl methyl sites for hydroxylation is 2. The molecular weight excluding hydrogens is 381 g/mol. The van der Waals surface area contributed by atoms with E-state index in [9.17, 15) is 17.6 Å². The monoisotopic (exact) mass is 395 g/mol. The molecule has 0 bridgehead atoms. The van der Waals surface area contributed by atoms with Gasteiger partial charge < -0.3 is 9.72 Å². The summed E-state index contributed by atoms with van der Waals surface area (Å²) < 4.78 is 45.2. The van der Waals surface area contributed by atoms with Crippen LogP contribution >= 0.6 is 11.6 Å². The first kappa shape index (κ1) is 18.4. The molecule has 26 heavy (non-hydrogen) atoms. The largest absolute Gasteiger partial charge is 0.464 e. The van der Waals surface area contributed by atoms with Gasteiger partial charge in [-0.1, -0.05) is 17.7 Å². The Hall–Kier alpha value is -2.38. The number of sulfone groups is 1. The Morgan fingerprint density at radius 1 is 1.12 bits per heavy atom. The SMILES string of the molecule is COC(=O)c1[nH]c2cc(Cl)c(F)cc2c1S(=O)(=O)c1cc(C)cc(C)c1. The fourth-order valence-corrected chi connectivity index (χ4v) is 4.84. The number of methoxy groups -OCH3 is 1. The maximum Gasteiger partial charge on any atom is 0.355 e. The number of H-pyrrole nitrogens is 1. The number of rotatable bonds is 3. The molecule has 0 aliphatic heterocycles. The van der Waals surface area contributed by atoms with E-state index >= 15 is 0 Å². The number of ether oxygens (including phenoxy) is 1. The predicted molar refractivity (Wildman–Crippen MR) is 96.0 cm³/mol. The smallest absolute Gasteiger partial charge is 0.355 e. The molecule has 0 aliphatic rings. The number of aromatic amines is 1. The van der Waals surface area contributed by atoms with Crippen LogP contribution in [0.25, 0.3) is 10.9 Å². The van der Waals surface area contributed by atoms with Crippen molar-refractivity contribution in [1.29, 1.82) is 0 Å². The number of nitrogens with one attached hydrogen (secondary N) is 1. The van der Waals surface area contributed by atoms with Crippen LogP contribution in [0.3, 0.4) is 0 Å². The van der Waals surface area contributed by atoms with Gasteiger partial charge in [0.2, 0.25) is 9.84 Å². The number of aromatic nitrogens is 1. The number of benzene rings is 2. The molecule has 0 saturated carbocycles. The zero-order valence-corrected chi connectivity index (χ0v) is 15.8. The summed E-state index contributed by atoms with van der Waals surface area (Å²) in [7, 11) is -2.99. The third-order valence-corrected chi connectivity index (χ3v) is 6.06. The van der Waals surface area contributed by atoms with Gasteiger partial charge in [-0.15, -0.1) is 0 Å². The summed E-state index contributed by atoms with van der Waals surface area (Å²) >= 11 is 5.77. The number of carbonyl (C=O) groups excluding carboxylic acids is 1. The topological polar surface area (TPSA) is 76.2 Å². The van der Waals surface area contributed by atoms with Crippen LogP contribution in [-0.2, 0) is 14.6 Å². The van der Waals surface area contributed by atoms with E-state index in [4.69, 9.17) is 11.6 Å². The molecule has 136 valence electrons. The molecule has 1 N–H and O–H groups in total. The average molecular weight is 396 g/mol. The summed E-state index contributed by atoms with van der Waals surface area (Å²) in [5.41, 5.74) is 1.44. The van der Waals surface area contributed by atoms with Crippen molar-refractivity contribution in [3.63, 3.8) is 0 Å². The minimum Gasteiger partial charge on any atom is -0.464 e. The van der Waals surface area contributed by atoms with Gasteiger partial charge in [-0.25, -0.2) is 17.6 Å². The number of esters is 1. The summed E-state index contributed by atoms with van der Waals surface area (Å²) in [5.74, 6) is -1.66. The van der Waals surface area contributed by atoms with Crippen LogP contribution in [0.5, 0.6) is 0 Å². The number of hydrogen-bond donors (Lipinski definition) is 1. The van der Waals surface area contributed by atoms with Crippen LogP contribution in [0.15, 0.2) is 40.1 Å². The van der Waals surface area contributed by atoms with Crippen LogP contribution < -0.4 is 0 Å². The highest BCUT2D eigenvalue weighted by molar-refractivity contribution is 7.91. The highest BCUT2D eigenvalue weighted by Crippen LogP contribution is 2.35. The lowest BCUT2D eigenvalue weighted by atomic mass is 10.2. The van der Waals surface area contributed by atoms with Crippen molar-refractivity contribution >= 4 is 38.3 Å². The highest BCUT2D eigenvalue weighted by Gasteiger charge is 2.31. The van der Waals surface area contributed by atoms with E-state index in [2.05, 4.69) is 9.72 Å². The van der Waals surface area contributed by atoms with E-state index in [1.165, 1.54) is 18.2 Å². The van der Waals surface area contributed by atoms with Gasteiger partial charge in [-0.2, -0.15) is 0 Å². The molecule has 0 radical (unpaired) electrons. The van der Waals surface area contributed by atoms with Gasteiger partial charge in [0, 0.05) is 10.9 Å². The predicted octanol–water partition coefficient (Wildman–Crippen LogP) is 4.20. The second kappa shape index (κ2) is 6.41. The molecule has 5 nitrogen and oxygen atoms in total. The van der Waals surface area contributed by atoms with Crippen LogP contribution in [0.1, 0.15) is 21.6 Å². The Balaban J connectivity index is 2.41. The number of hydrogen-bond acceptors (Lipinski definition) is 4. The molecule has 1 aromatic heterocycles. The van der Waals surface area contributed by atoms with Crippen LogP contribution in [0.4, 0.5) is 4.39 Å². The first-order valence-electron chi connectivity index (χ1n) is 7.57. The molecule has 0 saturated heterocycles. The molecule has 2 aromatic carbocycles. The van der Waals surface area contributed by atoms with E-state index in [-0.39, 0.29) is 31.4 Å². The van der Waals surface area contributed by atoms with Gasteiger partial charge in [-0.3, -0.25) is 0 Å². The lowest BCUT2D eigenvalue weighted by Crippen LogP contribution is -2.10. The van der Waals surface area contributed by atoms with E-state index < -0.39 is 21.6 Å². The zero-order valence-electron chi connectivity index (χ0n) is 14.2.